The number of hydrogen-bond donors (Lipinski definition) is 1. The minimum Gasteiger partial charge on any atom is -0.388 e. The van der Waals surface area contributed by atoms with E-state index in [1.807, 2.05) is 30.3 Å². The average Bonchev–Trinajstić information content (AvgIpc) is 2.45. The van der Waals surface area contributed by atoms with E-state index < -0.39 is 6.10 Å². The zero-order valence-corrected chi connectivity index (χ0v) is 11.1. The Balaban J connectivity index is 1.60. The standard InChI is InChI=1S/C16H24O2/c17-16(15-9-5-2-6-10-15)11-12-18-13-14-7-3-1-4-8-14/h2,5-6,9-10,14,16-17H,1,3-4,7-8,11-13H2. The van der Waals surface area contributed by atoms with Crippen LogP contribution in [0.2, 0.25) is 0 Å². The Hall–Kier alpha value is -0.860. The Labute approximate surface area is 110 Å². The molecule has 1 unspecified atom stereocenters. The Kier molecular flexibility index (Phi) is 5.69. The van der Waals surface area contributed by atoms with Crippen LogP contribution in [0.15, 0.2) is 30.3 Å². The van der Waals surface area contributed by atoms with Crippen LogP contribution < -0.4 is 0 Å². The van der Waals surface area contributed by atoms with Crippen molar-refractivity contribution in [2.24, 2.45) is 5.92 Å². The summed E-state index contributed by atoms with van der Waals surface area (Å²) < 4.78 is 5.71. The zero-order chi connectivity index (χ0) is 12.6. The first-order valence-corrected chi connectivity index (χ1v) is 7.17. The molecule has 1 N–H and O–H groups in total. The molecule has 2 rings (SSSR count). The maximum absolute atomic E-state index is 9.98. The SMILES string of the molecule is OC(CCOCC1CCCCC1)c1ccccc1. The Morgan fingerprint density at radius 2 is 1.83 bits per heavy atom. The Morgan fingerprint density at radius 3 is 2.56 bits per heavy atom. The molecule has 1 saturated carbocycles. The molecule has 0 radical (unpaired) electrons. The lowest BCUT2D eigenvalue weighted by Gasteiger charge is -2.21. The molecule has 0 amide bonds. The monoisotopic (exact) mass is 248 g/mol. The molecule has 18 heavy (non-hydrogen) atoms. The maximum atomic E-state index is 9.98. The van der Waals surface area contributed by atoms with Gasteiger partial charge in [0, 0.05) is 19.6 Å². The second-order valence-corrected chi connectivity index (χ2v) is 5.29. The minimum atomic E-state index is -0.391. The van der Waals surface area contributed by atoms with E-state index in [2.05, 4.69) is 0 Å². The zero-order valence-electron chi connectivity index (χ0n) is 11.1. The van der Waals surface area contributed by atoms with Crippen molar-refractivity contribution in [3.63, 3.8) is 0 Å². The summed E-state index contributed by atoms with van der Waals surface area (Å²) in [5, 5.41) is 9.98. The summed E-state index contributed by atoms with van der Waals surface area (Å²) in [6.07, 6.45) is 7.06. The summed E-state index contributed by atoms with van der Waals surface area (Å²) in [6.45, 7) is 1.54. The van der Waals surface area contributed by atoms with Crippen molar-refractivity contribution in [1.29, 1.82) is 0 Å². The lowest BCUT2D eigenvalue weighted by atomic mass is 9.90. The van der Waals surface area contributed by atoms with Crippen LogP contribution in [-0.2, 0) is 4.74 Å². The summed E-state index contributed by atoms with van der Waals surface area (Å²) in [4.78, 5) is 0. The van der Waals surface area contributed by atoms with E-state index in [0.717, 1.165) is 18.1 Å². The normalized spacial score (nSPS) is 18.7. The first kappa shape index (κ1) is 13.6. The van der Waals surface area contributed by atoms with Gasteiger partial charge in [0.25, 0.3) is 0 Å². The predicted octanol–water partition coefficient (Wildman–Crippen LogP) is 3.71. The number of benzene rings is 1. The number of ether oxygens (including phenoxy) is 1. The van der Waals surface area contributed by atoms with E-state index in [0.29, 0.717) is 13.0 Å². The highest BCUT2D eigenvalue weighted by Gasteiger charge is 2.13. The van der Waals surface area contributed by atoms with Crippen molar-refractivity contribution in [2.75, 3.05) is 13.2 Å². The van der Waals surface area contributed by atoms with Crippen LogP contribution >= 0.6 is 0 Å². The molecule has 2 heteroatoms. The number of rotatable bonds is 6. The van der Waals surface area contributed by atoms with E-state index in [9.17, 15) is 5.11 Å². The van der Waals surface area contributed by atoms with Crippen molar-refractivity contribution in [3.05, 3.63) is 35.9 Å². The number of aliphatic hydroxyl groups excluding tert-OH is 1. The summed E-state index contributed by atoms with van der Waals surface area (Å²) in [5.74, 6) is 0.757. The van der Waals surface area contributed by atoms with Crippen LogP contribution in [0.5, 0.6) is 0 Å². The van der Waals surface area contributed by atoms with Gasteiger partial charge in [0.1, 0.15) is 0 Å². The third-order valence-electron chi connectivity index (χ3n) is 3.80. The topological polar surface area (TPSA) is 29.5 Å². The van der Waals surface area contributed by atoms with E-state index in [1.165, 1.54) is 32.1 Å². The molecule has 2 nitrogen and oxygen atoms in total. The van der Waals surface area contributed by atoms with Crippen LogP contribution in [-0.4, -0.2) is 18.3 Å². The van der Waals surface area contributed by atoms with Gasteiger partial charge < -0.3 is 9.84 Å². The van der Waals surface area contributed by atoms with Gasteiger partial charge in [0.05, 0.1) is 6.10 Å². The fraction of sp³-hybridized carbons (Fsp3) is 0.625. The molecular formula is C16H24O2. The molecule has 1 aromatic rings. The lowest BCUT2D eigenvalue weighted by Crippen LogP contribution is -2.14. The average molecular weight is 248 g/mol. The third-order valence-corrected chi connectivity index (χ3v) is 3.80. The number of aliphatic hydroxyl groups is 1. The molecule has 1 aliphatic carbocycles. The molecular weight excluding hydrogens is 224 g/mol. The van der Waals surface area contributed by atoms with Gasteiger partial charge in [-0.3, -0.25) is 0 Å². The molecule has 1 aromatic carbocycles. The van der Waals surface area contributed by atoms with Gasteiger partial charge in [-0.2, -0.15) is 0 Å². The highest BCUT2D eigenvalue weighted by Crippen LogP contribution is 2.24. The van der Waals surface area contributed by atoms with Gasteiger partial charge in [-0.1, -0.05) is 49.6 Å². The van der Waals surface area contributed by atoms with E-state index in [-0.39, 0.29) is 0 Å². The largest absolute Gasteiger partial charge is 0.388 e. The first-order chi connectivity index (χ1) is 8.86. The van der Waals surface area contributed by atoms with Gasteiger partial charge in [-0.15, -0.1) is 0 Å². The molecule has 0 aromatic heterocycles. The second kappa shape index (κ2) is 7.55. The molecule has 0 heterocycles. The van der Waals surface area contributed by atoms with Crippen LogP contribution in [0.4, 0.5) is 0 Å². The van der Waals surface area contributed by atoms with Crippen molar-refractivity contribution < 1.29 is 9.84 Å². The highest BCUT2D eigenvalue weighted by molar-refractivity contribution is 5.16. The summed E-state index contributed by atoms with van der Waals surface area (Å²) in [5.41, 5.74) is 0.985. The van der Waals surface area contributed by atoms with Crippen molar-refractivity contribution >= 4 is 0 Å². The molecule has 0 aliphatic heterocycles. The maximum Gasteiger partial charge on any atom is 0.0812 e. The van der Waals surface area contributed by atoms with E-state index in [1.54, 1.807) is 0 Å². The van der Waals surface area contributed by atoms with Gasteiger partial charge in [-0.25, -0.2) is 0 Å². The predicted molar refractivity (Wildman–Crippen MR) is 73.4 cm³/mol. The third kappa shape index (κ3) is 4.43. The Bertz CT molecular complexity index is 317. The van der Waals surface area contributed by atoms with Gasteiger partial charge in [0.2, 0.25) is 0 Å². The fourth-order valence-electron chi connectivity index (χ4n) is 2.64. The van der Waals surface area contributed by atoms with E-state index >= 15 is 0 Å². The lowest BCUT2D eigenvalue weighted by molar-refractivity contribution is 0.0543. The fourth-order valence-corrected chi connectivity index (χ4v) is 2.64. The van der Waals surface area contributed by atoms with Gasteiger partial charge in [-0.05, 0) is 24.3 Å². The highest BCUT2D eigenvalue weighted by atomic mass is 16.5. The number of hydrogen-bond acceptors (Lipinski definition) is 2. The second-order valence-electron chi connectivity index (χ2n) is 5.29. The molecule has 0 bridgehead atoms. The van der Waals surface area contributed by atoms with Crippen molar-refractivity contribution in [3.8, 4) is 0 Å². The molecule has 0 saturated heterocycles. The van der Waals surface area contributed by atoms with Crippen molar-refractivity contribution in [2.45, 2.75) is 44.6 Å². The minimum absolute atomic E-state index is 0.391. The quantitative estimate of drug-likeness (QED) is 0.778. The van der Waals surface area contributed by atoms with Crippen LogP contribution in [0.25, 0.3) is 0 Å². The van der Waals surface area contributed by atoms with Crippen LogP contribution in [0.3, 0.4) is 0 Å². The Morgan fingerprint density at radius 1 is 1.11 bits per heavy atom. The first-order valence-electron chi connectivity index (χ1n) is 7.17. The summed E-state index contributed by atoms with van der Waals surface area (Å²) in [6, 6.07) is 9.82. The molecule has 1 atom stereocenters. The smallest absolute Gasteiger partial charge is 0.0812 e. The molecule has 1 fully saturated rings. The van der Waals surface area contributed by atoms with Crippen molar-refractivity contribution in [1.82, 2.24) is 0 Å². The summed E-state index contributed by atoms with van der Waals surface area (Å²) in [7, 11) is 0. The van der Waals surface area contributed by atoms with Crippen LogP contribution in [0.1, 0.15) is 50.2 Å². The van der Waals surface area contributed by atoms with Gasteiger partial charge >= 0.3 is 0 Å². The van der Waals surface area contributed by atoms with Gasteiger partial charge in [0.15, 0.2) is 0 Å². The van der Waals surface area contributed by atoms with E-state index in [4.69, 9.17) is 4.74 Å². The molecule has 100 valence electrons. The molecule has 1 aliphatic rings. The molecule has 0 spiro atoms. The summed E-state index contributed by atoms with van der Waals surface area (Å²) >= 11 is 0. The van der Waals surface area contributed by atoms with Crippen LogP contribution in [0, 0.1) is 5.92 Å².